The molecule has 3 nitrogen and oxygen atoms in total. The molecule has 0 aliphatic rings. The highest BCUT2D eigenvalue weighted by Gasteiger charge is 2.28. The number of carbonyl (C=O) groups is 1. The van der Waals surface area contributed by atoms with Crippen LogP contribution in [0, 0.1) is 0 Å². The van der Waals surface area contributed by atoms with E-state index in [-0.39, 0.29) is 5.56 Å². The van der Waals surface area contributed by atoms with Gasteiger partial charge in [-0.05, 0) is 18.2 Å². The van der Waals surface area contributed by atoms with Crippen LogP contribution in [0.3, 0.4) is 0 Å². The highest BCUT2D eigenvalue weighted by molar-refractivity contribution is 7.80. The molecule has 1 aromatic rings. The number of carbonyl (C=O) groups excluding carboxylic acids is 1. The molecular formula is C10H11F2NO2S. The van der Waals surface area contributed by atoms with Gasteiger partial charge in [-0.1, -0.05) is 6.07 Å². The number of amides is 1. The minimum absolute atomic E-state index is 0.251. The van der Waals surface area contributed by atoms with Crippen molar-refractivity contribution in [2.75, 3.05) is 13.2 Å². The summed E-state index contributed by atoms with van der Waals surface area (Å²) in [6.07, 6.45) is 0. The van der Waals surface area contributed by atoms with Gasteiger partial charge in [0.05, 0.1) is 6.54 Å². The summed E-state index contributed by atoms with van der Waals surface area (Å²) in [5, 5.41) is 10.3. The van der Waals surface area contributed by atoms with Crippen molar-refractivity contribution in [3.8, 4) is 0 Å². The fourth-order valence-corrected chi connectivity index (χ4v) is 1.24. The topological polar surface area (TPSA) is 49.3 Å². The third kappa shape index (κ3) is 3.79. The molecule has 6 heteroatoms. The molecule has 0 aliphatic carbocycles. The lowest BCUT2D eigenvalue weighted by Crippen LogP contribution is -2.38. The summed E-state index contributed by atoms with van der Waals surface area (Å²) in [6.45, 7) is -2.18. The average Bonchev–Trinajstić information content (AvgIpc) is 2.26. The monoisotopic (exact) mass is 247 g/mol. The van der Waals surface area contributed by atoms with Crippen LogP contribution in [0.15, 0.2) is 29.2 Å². The maximum atomic E-state index is 12.6. The fraction of sp³-hybridized carbons (Fsp3) is 0.300. The normalized spacial score (nSPS) is 11.2. The van der Waals surface area contributed by atoms with Crippen molar-refractivity contribution in [2.45, 2.75) is 10.8 Å². The Hall–Kier alpha value is -1.14. The second-order valence-electron chi connectivity index (χ2n) is 3.25. The second kappa shape index (κ2) is 5.27. The first-order valence-corrected chi connectivity index (χ1v) is 4.95. The standard InChI is InChI=1S/C10H11F2NO2S/c11-10(12,6-14)5-13-9(15)7-2-1-3-8(16)4-7/h1-4,14,16H,5-6H2,(H,13,15). The number of hydrogen-bond donors (Lipinski definition) is 3. The predicted octanol–water partition coefficient (Wildman–Crippen LogP) is 1.33. The molecule has 0 saturated heterocycles. The van der Waals surface area contributed by atoms with Gasteiger partial charge >= 0.3 is 0 Å². The van der Waals surface area contributed by atoms with Crippen molar-refractivity contribution in [1.82, 2.24) is 5.32 Å². The molecule has 1 amide bonds. The van der Waals surface area contributed by atoms with Gasteiger partial charge in [0, 0.05) is 10.5 Å². The van der Waals surface area contributed by atoms with Crippen LogP contribution in [0.1, 0.15) is 10.4 Å². The highest BCUT2D eigenvalue weighted by Crippen LogP contribution is 2.12. The summed E-state index contributed by atoms with van der Waals surface area (Å²) in [5.74, 6) is -3.92. The third-order valence-corrected chi connectivity index (χ3v) is 2.13. The summed E-state index contributed by atoms with van der Waals surface area (Å²) >= 11 is 4.02. The zero-order valence-electron chi connectivity index (χ0n) is 8.28. The van der Waals surface area contributed by atoms with Gasteiger partial charge in [-0.15, -0.1) is 12.6 Å². The van der Waals surface area contributed by atoms with Crippen LogP contribution in [0.2, 0.25) is 0 Å². The van der Waals surface area contributed by atoms with Gasteiger partial charge in [0.25, 0.3) is 11.8 Å². The molecule has 0 aromatic heterocycles. The van der Waals surface area contributed by atoms with Crippen LogP contribution in [-0.4, -0.2) is 30.1 Å². The van der Waals surface area contributed by atoms with E-state index in [1.54, 1.807) is 12.1 Å². The van der Waals surface area contributed by atoms with Crippen LogP contribution in [0.25, 0.3) is 0 Å². The van der Waals surface area contributed by atoms with Crippen molar-refractivity contribution in [3.63, 3.8) is 0 Å². The average molecular weight is 247 g/mol. The number of hydrogen-bond acceptors (Lipinski definition) is 3. The van der Waals surface area contributed by atoms with E-state index in [1.165, 1.54) is 12.1 Å². The van der Waals surface area contributed by atoms with Crippen molar-refractivity contribution >= 4 is 18.5 Å². The SMILES string of the molecule is O=C(NCC(F)(F)CO)c1cccc(S)c1. The molecule has 1 rings (SSSR count). The Bertz CT molecular complexity index is 385. The Balaban J connectivity index is 2.60. The molecule has 0 spiro atoms. The molecule has 0 atom stereocenters. The Labute approximate surface area is 96.9 Å². The number of benzene rings is 1. The van der Waals surface area contributed by atoms with Crippen molar-refractivity contribution < 1.29 is 18.7 Å². The molecule has 1 aromatic carbocycles. The van der Waals surface area contributed by atoms with E-state index in [2.05, 4.69) is 12.6 Å². The first kappa shape index (κ1) is 12.9. The Morgan fingerprint density at radius 2 is 2.19 bits per heavy atom. The molecular weight excluding hydrogens is 236 g/mol. The predicted molar refractivity (Wildman–Crippen MR) is 58.1 cm³/mol. The van der Waals surface area contributed by atoms with Crippen molar-refractivity contribution in [1.29, 1.82) is 0 Å². The Morgan fingerprint density at radius 1 is 1.50 bits per heavy atom. The van der Waals surface area contributed by atoms with Gasteiger partial charge in [0.1, 0.15) is 6.61 Å². The second-order valence-corrected chi connectivity index (χ2v) is 3.76. The number of alkyl halides is 2. The third-order valence-electron chi connectivity index (χ3n) is 1.85. The summed E-state index contributed by atoms with van der Waals surface area (Å²) in [6, 6.07) is 6.23. The molecule has 2 N–H and O–H groups in total. The molecule has 16 heavy (non-hydrogen) atoms. The van der Waals surface area contributed by atoms with Gasteiger partial charge in [-0.25, -0.2) is 8.78 Å². The summed E-state index contributed by atoms with van der Waals surface area (Å²) in [5.41, 5.74) is 0.251. The van der Waals surface area contributed by atoms with E-state index in [4.69, 9.17) is 5.11 Å². The summed E-state index contributed by atoms with van der Waals surface area (Å²) < 4.78 is 25.3. The molecule has 0 fully saturated rings. The van der Waals surface area contributed by atoms with Crippen LogP contribution < -0.4 is 5.32 Å². The van der Waals surface area contributed by atoms with Crippen LogP contribution in [0.4, 0.5) is 8.78 Å². The number of aliphatic hydroxyl groups is 1. The quantitative estimate of drug-likeness (QED) is 0.703. The number of rotatable bonds is 4. The van der Waals surface area contributed by atoms with Crippen molar-refractivity contribution in [2.24, 2.45) is 0 Å². The van der Waals surface area contributed by atoms with E-state index in [0.717, 1.165) is 0 Å². The van der Waals surface area contributed by atoms with Crippen LogP contribution in [0.5, 0.6) is 0 Å². The van der Waals surface area contributed by atoms with Crippen molar-refractivity contribution in [3.05, 3.63) is 29.8 Å². The largest absolute Gasteiger partial charge is 0.390 e. The van der Waals surface area contributed by atoms with Gasteiger partial charge in [0.15, 0.2) is 0 Å². The first-order valence-electron chi connectivity index (χ1n) is 4.50. The maximum absolute atomic E-state index is 12.6. The van der Waals surface area contributed by atoms with E-state index in [0.29, 0.717) is 4.90 Å². The zero-order chi connectivity index (χ0) is 12.2. The van der Waals surface area contributed by atoms with E-state index < -0.39 is 25.0 Å². The van der Waals surface area contributed by atoms with E-state index >= 15 is 0 Å². The molecule has 88 valence electrons. The van der Waals surface area contributed by atoms with Crippen LogP contribution in [-0.2, 0) is 0 Å². The van der Waals surface area contributed by atoms with Gasteiger partial charge < -0.3 is 10.4 Å². The zero-order valence-corrected chi connectivity index (χ0v) is 9.18. The minimum atomic E-state index is -3.30. The number of nitrogens with one attached hydrogen (secondary N) is 1. The molecule has 0 bridgehead atoms. The molecule has 0 saturated carbocycles. The fourth-order valence-electron chi connectivity index (χ4n) is 1.01. The highest BCUT2D eigenvalue weighted by atomic mass is 32.1. The Morgan fingerprint density at radius 3 is 2.75 bits per heavy atom. The van der Waals surface area contributed by atoms with Gasteiger partial charge in [-0.3, -0.25) is 4.79 Å². The lowest BCUT2D eigenvalue weighted by molar-refractivity contribution is -0.0462. The summed E-state index contributed by atoms with van der Waals surface area (Å²) in [4.78, 5) is 12.0. The van der Waals surface area contributed by atoms with Gasteiger partial charge in [0.2, 0.25) is 0 Å². The first-order chi connectivity index (χ1) is 7.44. The van der Waals surface area contributed by atoms with Gasteiger partial charge in [-0.2, -0.15) is 0 Å². The smallest absolute Gasteiger partial charge is 0.287 e. The molecule has 0 unspecified atom stereocenters. The lowest BCUT2D eigenvalue weighted by Gasteiger charge is -2.13. The minimum Gasteiger partial charge on any atom is -0.390 e. The summed E-state index contributed by atoms with van der Waals surface area (Å²) in [7, 11) is 0. The number of aliphatic hydroxyl groups excluding tert-OH is 1. The van der Waals surface area contributed by atoms with E-state index in [9.17, 15) is 13.6 Å². The molecule has 0 aliphatic heterocycles. The number of thiol groups is 1. The number of halogens is 2. The van der Waals surface area contributed by atoms with Crippen LogP contribution >= 0.6 is 12.6 Å². The lowest BCUT2D eigenvalue weighted by atomic mass is 10.2. The maximum Gasteiger partial charge on any atom is 0.287 e. The van der Waals surface area contributed by atoms with E-state index in [1.807, 2.05) is 5.32 Å². The Kier molecular flexibility index (Phi) is 4.26. The molecule has 0 radical (unpaired) electrons. The molecule has 0 heterocycles.